The van der Waals surface area contributed by atoms with E-state index in [4.69, 9.17) is 10.5 Å². The number of ether oxygens (including phenoxy) is 1. The maximum atomic E-state index is 13.3. The van der Waals surface area contributed by atoms with Gasteiger partial charge in [0.25, 0.3) is 11.8 Å². The van der Waals surface area contributed by atoms with Crippen molar-refractivity contribution in [3.05, 3.63) is 53.0 Å². The van der Waals surface area contributed by atoms with E-state index in [1.807, 2.05) is 29.6 Å². The van der Waals surface area contributed by atoms with Crippen LogP contribution in [0.5, 0.6) is 5.75 Å². The van der Waals surface area contributed by atoms with Gasteiger partial charge in [-0.25, -0.2) is 0 Å². The molecule has 0 unspecified atom stereocenters. The third kappa shape index (κ3) is 3.94. The fourth-order valence-electron chi connectivity index (χ4n) is 5.47. The number of Topliss-reactive ketones (excluding diaryl/α,β-unsaturated/α-hetero) is 1. The minimum absolute atomic E-state index is 0.0948. The molecule has 1 saturated heterocycles. The zero-order valence-electron chi connectivity index (χ0n) is 20.2. The van der Waals surface area contributed by atoms with E-state index in [2.05, 4.69) is 10.1 Å². The normalized spacial score (nSPS) is 17.1. The van der Waals surface area contributed by atoms with Gasteiger partial charge in [-0.05, 0) is 56.7 Å². The number of hydrogen-bond acceptors (Lipinski definition) is 6. The van der Waals surface area contributed by atoms with Gasteiger partial charge in [0.2, 0.25) is 0 Å². The number of fused-ring (bicyclic) bond motifs is 2. The Bertz CT molecular complexity index is 1350. The number of nitrogens with two attached hydrogens (primary N) is 1. The summed E-state index contributed by atoms with van der Waals surface area (Å²) in [5, 5.41) is 5.14. The Morgan fingerprint density at radius 2 is 1.86 bits per heavy atom. The van der Waals surface area contributed by atoms with Crippen LogP contribution in [-0.2, 0) is 6.42 Å². The molecule has 35 heavy (non-hydrogen) atoms. The summed E-state index contributed by atoms with van der Waals surface area (Å²) in [6, 6.07) is 5.16. The molecular formula is C26H29N5O4. The fraction of sp³-hybridized carbons (Fsp3) is 0.423. The minimum Gasteiger partial charge on any atom is -0.496 e. The number of amides is 2. The summed E-state index contributed by atoms with van der Waals surface area (Å²) >= 11 is 0. The molecule has 3 heterocycles. The number of rotatable bonds is 4. The monoisotopic (exact) mass is 475 g/mol. The van der Waals surface area contributed by atoms with Crippen LogP contribution < -0.4 is 10.5 Å². The molecule has 9 nitrogen and oxygen atoms in total. The Hall–Kier alpha value is -3.75. The largest absolute Gasteiger partial charge is 0.496 e. The molecule has 5 rings (SSSR count). The lowest BCUT2D eigenvalue weighted by molar-refractivity contribution is 0.0517. The van der Waals surface area contributed by atoms with Gasteiger partial charge in [-0.15, -0.1) is 0 Å². The molecule has 1 aromatic carbocycles. The summed E-state index contributed by atoms with van der Waals surface area (Å²) in [5.74, 6) is -0.195. The number of likely N-dealkylation sites (tertiary alicyclic amines) is 1. The molecule has 2 amide bonds. The van der Waals surface area contributed by atoms with Gasteiger partial charge in [-0.3, -0.25) is 24.0 Å². The van der Waals surface area contributed by atoms with E-state index < -0.39 is 5.91 Å². The number of carbonyl (C=O) groups is 3. The molecule has 0 radical (unpaired) electrons. The molecule has 3 aromatic rings. The van der Waals surface area contributed by atoms with Crippen molar-refractivity contribution in [2.24, 2.45) is 11.1 Å². The molecule has 0 bridgehead atoms. The highest BCUT2D eigenvalue weighted by Crippen LogP contribution is 2.44. The van der Waals surface area contributed by atoms with Gasteiger partial charge in [0, 0.05) is 42.7 Å². The first-order valence-electron chi connectivity index (χ1n) is 11.9. The van der Waals surface area contributed by atoms with Gasteiger partial charge in [0.05, 0.1) is 30.0 Å². The molecule has 182 valence electrons. The number of benzene rings is 1. The number of methoxy groups -OCH3 is 1. The van der Waals surface area contributed by atoms with Crippen molar-refractivity contribution in [2.45, 2.75) is 45.6 Å². The zero-order chi connectivity index (χ0) is 24.9. The number of pyridine rings is 1. The van der Waals surface area contributed by atoms with Crippen molar-refractivity contribution in [3.63, 3.8) is 0 Å². The standard InChI is InChI=1S/C26H29N5O4/c1-15(2)31-23-18(14-29-31)11-26(12-21(23)32)4-6-30(7-5-26)25(34)17-8-16-9-22(35-3)19(24(27)33)10-20(16)28-13-17/h8-10,13-15H,4-7,11-12H2,1-3H3,(H2,27,33). The Balaban J connectivity index is 1.33. The van der Waals surface area contributed by atoms with Gasteiger partial charge in [0.1, 0.15) is 11.4 Å². The fourth-order valence-corrected chi connectivity index (χ4v) is 5.47. The average molecular weight is 476 g/mol. The molecule has 2 aromatic heterocycles. The topological polar surface area (TPSA) is 120 Å². The van der Waals surface area contributed by atoms with Crippen molar-refractivity contribution in [1.29, 1.82) is 0 Å². The van der Waals surface area contributed by atoms with Crippen molar-refractivity contribution in [2.75, 3.05) is 20.2 Å². The quantitative estimate of drug-likeness (QED) is 0.619. The summed E-state index contributed by atoms with van der Waals surface area (Å²) in [6.07, 6.45) is 6.23. The first kappa shape index (κ1) is 23.0. The van der Waals surface area contributed by atoms with Crippen LogP contribution in [0.2, 0.25) is 0 Å². The smallest absolute Gasteiger partial charge is 0.255 e. The minimum atomic E-state index is -0.599. The summed E-state index contributed by atoms with van der Waals surface area (Å²) < 4.78 is 7.12. The number of aromatic nitrogens is 3. The molecule has 0 atom stereocenters. The highest BCUT2D eigenvalue weighted by molar-refractivity contribution is 6.02. The van der Waals surface area contributed by atoms with Crippen molar-refractivity contribution >= 4 is 28.5 Å². The summed E-state index contributed by atoms with van der Waals surface area (Å²) in [5.41, 5.74) is 8.37. The zero-order valence-corrected chi connectivity index (χ0v) is 20.2. The highest BCUT2D eigenvalue weighted by atomic mass is 16.5. The number of piperidine rings is 1. The Labute approximate surface area is 203 Å². The van der Waals surface area contributed by atoms with E-state index in [9.17, 15) is 14.4 Å². The molecule has 1 aliphatic heterocycles. The lowest BCUT2D eigenvalue weighted by atomic mass is 9.67. The molecule has 1 fully saturated rings. The molecule has 0 saturated carbocycles. The number of hydrogen-bond donors (Lipinski definition) is 1. The van der Waals surface area contributed by atoms with Crippen LogP contribution in [0.15, 0.2) is 30.6 Å². The second-order valence-electron chi connectivity index (χ2n) is 9.96. The van der Waals surface area contributed by atoms with Crippen LogP contribution in [0.1, 0.15) is 75.9 Å². The second-order valence-corrected chi connectivity index (χ2v) is 9.96. The van der Waals surface area contributed by atoms with E-state index in [-0.39, 0.29) is 28.7 Å². The number of nitrogens with zero attached hydrogens (tertiary/aromatic N) is 4. The lowest BCUT2D eigenvalue weighted by Gasteiger charge is -2.43. The third-order valence-corrected chi connectivity index (χ3v) is 7.35. The average Bonchev–Trinajstić information content (AvgIpc) is 3.27. The molecule has 1 aliphatic carbocycles. The Kier molecular flexibility index (Phi) is 5.57. The predicted octanol–water partition coefficient (Wildman–Crippen LogP) is 3.17. The number of carbonyl (C=O) groups excluding carboxylic acids is 3. The number of primary amides is 1. The van der Waals surface area contributed by atoms with Crippen molar-refractivity contribution in [1.82, 2.24) is 19.7 Å². The van der Waals surface area contributed by atoms with Crippen LogP contribution in [-0.4, -0.2) is 57.5 Å². The molecule has 2 N–H and O–H groups in total. The first-order valence-corrected chi connectivity index (χ1v) is 11.9. The van der Waals surface area contributed by atoms with Gasteiger partial charge < -0.3 is 15.4 Å². The van der Waals surface area contributed by atoms with Crippen LogP contribution >= 0.6 is 0 Å². The summed E-state index contributed by atoms with van der Waals surface area (Å²) in [7, 11) is 1.46. The summed E-state index contributed by atoms with van der Waals surface area (Å²) in [4.78, 5) is 44.2. The van der Waals surface area contributed by atoms with E-state index in [1.54, 1.807) is 18.2 Å². The van der Waals surface area contributed by atoms with Gasteiger partial charge in [-0.1, -0.05) is 0 Å². The SMILES string of the molecule is COc1cc2cc(C(=O)N3CCC4(CC3)CC(=O)c3c(cnn3C(C)C)C4)cnc2cc1C(N)=O. The van der Waals surface area contributed by atoms with Gasteiger partial charge >= 0.3 is 0 Å². The van der Waals surface area contributed by atoms with E-state index in [1.165, 1.54) is 13.3 Å². The molecule has 9 heteroatoms. The molecular weight excluding hydrogens is 446 g/mol. The number of ketones is 1. The van der Waals surface area contributed by atoms with Crippen molar-refractivity contribution in [3.8, 4) is 5.75 Å². The third-order valence-electron chi connectivity index (χ3n) is 7.35. The first-order chi connectivity index (χ1) is 16.7. The van der Waals surface area contributed by atoms with E-state index >= 15 is 0 Å². The Morgan fingerprint density at radius 3 is 2.51 bits per heavy atom. The molecule has 1 spiro atoms. The van der Waals surface area contributed by atoms with Crippen LogP contribution in [0.3, 0.4) is 0 Å². The highest BCUT2D eigenvalue weighted by Gasteiger charge is 2.43. The Morgan fingerprint density at radius 1 is 1.11 bits per heavy atom. The van der Waals surface area contributed by atoms with E-state index in [0.717, 1.165) is 30.5 Å². The van der Waals surface area contributed by atoms with Gasteiger partial charge in [-0.2, -0.15) is 5.10 Å². The lowest BCUT2D eigenvalue weighted by Crippen LogP contribution is -2.46. The van der Waals surface area contributed by atoms with Crippen molar-refractivity contribution < 1.29 is 19.1 Å². The molecule has 2 aliphatic rings. The van der Waals surface area contributed by atoms with Crippen LogP contribution in [0.25, 0.3) is 10.9 Å². The van der Waals surface area contributed by atoms with Crippen LogP contribution in [0, 0.1) is 5.41 Å². The maximum Gasteiger partial charge on any atom is 0.255 e. The predicted molar refractivity (Wildman–Crippen MR) is 130 cm³/mol. The summed E-state index contributed by atoms with van der Waals surface area (Å²) in [6.45, 7) is 5.23. The van der Waals surface area contributed by atoms with E-state index in [0.29, 0.717) is 41.7 Å². The van der Waals surface area contributed by atoms with Gasteiger partial charge in [0.15, 0.2) is 5.78 Å². The van der Waals surface area contributed by atoms with Crippen LogP contribution in [0.4, 0.5) is 0 Å². The second kappa shape index (κ2) is 8.48. The maximum absolute atomic E-state index is 13.3.